The zero-order valence-electron chi connectivity index (χ0n) is 14.1. The van der Waals surface area contributed by atoms with Crippen molar-refractivity contribution in [2.24, 2.45) is 0 Å². The molecule has 5 heteroatoms. The molecule has 2 aromatic carbocycles. The highest BCUT2D eigenvalue weighted by Crippen LogP contribution is 2.35. The molecular weight excluding hydrogens is 370 g/mol. The molecule has 26 heavy (non-hydrogen) atoms. The first-order valence-corrected chi connectivity index (χ1v) is 9.36. The van der Waals surface area contributed by atoms with Crippen LogP contribution >= 0.6 is 23.2 Å². The van der Waals surface area contributed by atoms with Crippen LogP contribution in [0, 0.1) is 5.82 Å². The second kappa shape index (κ2) is 7.26. The normalized spacial score (nSPS) is 15.7. The van der Waals surface area contributed by atoms with Crippen LogP contribution in [0.25, 0.3) is 17.3 Å². The molecule has 1 heterocycles. The third kappa shape index (κ3) is 3.42. The maximum absolute atomic E-state index is 13.2. The van der Waals surface area contributed by atoms with Crippen LogP contribution < -0.4 is 0 Å². The van der Waals surface area contributed by atoms with Gasteiger partial charge in [0.15, 0.2) is 0 Å². The molecule has 1 aliphatic rings. The Morgan fingerprint density at radius 2 is 1.77 bits per heavy atom. The largest absolute Gasteiger partial charge is 0.232 e. The van der Waals surface area contributed by atoms with E-state index in [1.54, 1.807) is 18.2 Å². The Morgan fingerprint density at radius 3 is 2.54 bits per heavy atom. The fourth-order valence-corrected chi connectivity index (χ4v) is 3.88. The zero-order valence-corrected chi connectivity index (χ0v) is 15.6. The summed E-state index contributed by atoms with van der Waals surface area (Å²) in [6.07, 6.45) is 8.20. The van der Waals surface area contributed by atoms with E-state index in [1.165, 1.54) is 23.3 Å². The maximum Gasteiger partial charge on any atom is 0.123 e. The van der Waals surface area contributed by atoms with Crippen LogP contribution in [0.5, 0.6) is 0 Å². The summed E-state index contributed by atoms with van der Waals surface area (Å²) < 4.78 is 15.1. The Hall–Kier alpha value is -2.10. The number of fused-ring (bicyclic) bond motifs is 1. The van der Waals surface area contributed by atoms with Gasteiger partial charge in [-0.2, -0.15) is 5.10 Å². The molecule has 0 aliphatic heterocycles. The van der Waals surface area contributed by atoms with Crippen LogP contribution in [0.3, 0.4) is 0 Å². The second-order valence-electron chi connectivity index (χ2n) is 6.45. The van der Waals surface area contributed by atoms with Gasteiger partial charge in [0.05, 0.1) is 22.6 Å². The van der Waals surface area contributed by atoms with Crippen molar-refractivity contribution in [1.29, 1.82) is 0 Å². The van der Waals surface area contributed by atoms with E-state index in [-0.39, 0.29) is 5.82 Å². The van der Waals surface area contributed by atoms with Crippen molar-refractivity contribution in [3.63, 3.8) is 0 Å². The van der Waals surface area contributed by atoms with Gasteiger partial charge in [0.25, 0.3) is 0 Å². The molecule has 0 amide bonds. The number of allylic oxidation sites excluding steroid dienone is 1. The summed E-state index contributed by atoms with van der Waals surface area (Å²) >= 11 is 12.5. The standard InChI is InChI=1S/C21H17Cl2FN2/c22-17-7-10-20(19(23)12-17)26-21-15(3-1-2-4-16(21)13-25-26)11-14-5-8-18(24)9-6-14/h5-13H,1-4H2. The van der Waals surface area contributed by atoms with Gasteiger partial charge in [-0.1, -0.05) is 35.3 Å². The number of hydrogen-bond acceptors (Lipinski definition) is 1. The topological polar surface area (TPSA) is 17.8 Å². The number of hydrogen-bond donors (Lipinski definition) is 0. The molecule has 1 aliphatic carbocycles. The summed E-state index contributed by atoms with van der Waals surface area (Å²) in [7, 11) is 0. The van der Waals surface area contributed by atoms with Crippen molar-refractivity contribution >= 4 is 34.9 Å². The molecule has 0 saturated carbocycles. The van der Waals surface area contributed by atoms with Crippen LogP contribution in [0.15, 0.2) is 48.7 Å². The lowest BCUT2D eigenvalue weighted by Gasteiger charge is -2.13. The zero-order chi connectivity index (χ0) is 18.1. The monoisotopic (exact) mass is 386 g/mol. The summed E-state index contributed by atoms with van der Waals surface area (Å²) in [6.45, 7) is 0. The van der Waals surface area contributed by atoms with E-state index in [2.05, 4.69) is 11.2 Å². The number of benzene rings is 2. The smallest absolute Gasteiger partial charge is 0.123 e. The number of nitrogens with zero attached hydrogens (tertiary/aromatic N) is 2. The van der Waals surface area contributed by atoms with Crippen molar-refractivity contribution in [3.8, 4) is 5.69 Å². The number of halogens is 3. The van der Waals surface area contributed by atoms with Crippen molar-refractivity contribution in [3.05, 3.63) is 81.3 Å². The lowest BCUT2D eigenvalue weighted by atomic mass is 10.0. The van der Waals surface area contributed by atoms with Crippen molar-refractivity contribution in [1.82, 2.24) is 9.78 Å². The first kappa shape index (κ1) is 17.3. The van der Waals surface area contributed by atoms with Gasteiger partial charge in [-0.3, -0.25) is 0 Å². The SMILES string of the molecule is Fc1ccc(C=C2CCCCc3cnn(-c4ccc(Cl)cc4Cl)c32)cc1. The summed E-state index contributed by atoms with van der Waals surface area (Å²) in [5.41, 5.74) is 5.26. The van der Waals surface area contributed by atoms with E-state index < -0.39 is 0 Å². The maximum atomic E-state index is 13.2. The molecule has 0 N–H and O–H groups in total. The van der Waals surface area contributed by atoms with Gasteiger partial charge in [0.2, 0.25) is 0 Å². The van der Waals surface area contributed by atoms with Crippen molar-refractivity contribution in [2.75, 3.05) is 0 Å². The first-order chi connectivity index (χ1) is 12.6. The number of aromatic nitrogens is 2. The van der Waals surface area contributed by atoms with Crippen molar-refractivity contribution in [2.45, 2.75) is 25.7 Å². The summed E-state index contributed by atoms with van der Waals surface area (Å²) in [4.78, 5) is 0. The molecule has 4 rings (SSSR count). The first-order valence-electron chi connectivity index (χ1n) is 8.60. The average Bonchev–Trinajstić information content (AvgIpc) is 2.93. The highest BCUT2D eigenvalue weighted by atomic mass is 35.5. The predicted molar refractivity (Wildman–Crippen MR) is 105 cm³/mol. The van der Waals surface area contributed by atoms with E-state index in [9.17, 15) is 4.39 Å². The van der Waals surface area contributed by atoms with Gasteiger partial charge in [0.1, 0.15) is 5.82 Å². The molecule has 0 bridgehead atoms. The Morgan fingerprint density at radius 1 is 1.00 bits per heavy atom. The van der Waals surface area contributed by atoms with Crippen LogP contribution in [-0.2, 0) is 6.42 Å². The van der Waals surface area contributed by atoms with Crippen LogP contribution in [0.2, 0.25) is 10.0 Å². The summed E-state index contributed by atoms with van der Waals surface area (Å²) in [5.74, 6) is -0.230. The molecule has 0 spiro atoms. The molecule has 0 fully saturated rings. The third-order valence-electron chi connectivity index (χ3n) is 4.64. The van der Waals surface area contributed by atoms with Gasteiger partial charge in [-0.15, -0.1) is 0 Å². The molecule has 0 saturated heterocycles. The minimum atomic E-state index is -0.230. The predicted octanol–water partition coefficient (Wildman–Crippen LogP) is 6.59. The lowest BCUT2D eigenvalue weighted by molar-refractivity contribution is 0.628. The average molecular weight is 387 g/mol. The van der Waals surface area contributed by atoms with E-state index >= 15 is 0 Å². The highest BCUT2D eigenvalue weighted by molar-refractivity contribution is 6.35. The highest BCUT2D eigenvalue weighted by Gasteiger charge is 2.20. The van der Waals surface area contributed by atoms with E-state index in [4.69, 9.17) is 23.2 Å². The van der Waals surface area contributed by atoms with Gasteiger partial charge in [-0.25, -0.2) is 9.07 Å². The minimum absolute atomic E-state index is 0.230. The molecular formula is C21H17Cl2FN2. The quantitative estimate of drug-likeness (QED) is 0.454. The Balaban J connectivity index is 1.85. The molecule has 3 aromatic rings. The fourth-order valence-electron chi connectivity index (χ4n) is 3.39. The van der Waals surface area contributed by atoms with Crippen LogP contribution in [-0.4, -0.2) is 9.78 Å². The number of rotatable bonds is 2. The van der Waals surface area contributed by atoms with E-state index in [0.29, 0.717) is 10.0 Å². The second-order valence-corrected chi connectivity index (χ2v) is 7.30. The fraction of sp³-hybridized carbons (Fsp3) is 0.190. The Bertz CT molecular complexity index is 974. The molecule has 2 nitrogen and oxygen atoms in total. The molecule has 132 valence electrons. The molecule has 0 radical (unpaired) electrons. The van der Waals surface area contributed by atoms with Crippen LogP contribution in [0.4, 0.5) is 4.39 Å². The van der Waals surface area contributed by atoms with E-state index in [1.807, 2.05) is 23.0 Å². The van der Waals surface area contributed by atoms with Gasteiger partial charge in [0, 0.05) is 5.02 Å². The van der Waals surface area contributed by atoms with Gasteiger partial charge in [-0.05, 0) is 78.8 Å². The minimum Gasteiger partial charge on any atom is -0.232 e. The number of aryl methyl sites for hydroxylation is 1. The Kier molecular flexibility index (Phi) is 4.84. The lowest BCUT2D eigenvalue weighted by Crippen LogP contribution is -2.03. The Labute approximate surface area is 161 Å². The molecule has 1 aromatic heterocycles. The van der Waals surface area contributed by atoms with Gasteiger partial charge >= 0.3 is 0 Å². The summed E-state index contributed by atoms with van der Waals surface area (Å²) in [5, 5.41) is 5.75. The molecule has 0 atom stereocenters. The van der Waals surface area contributed by atoms with Crippen molar-refractivity contribution < 1.29 is 4.39 Å². The van der Waals surface area contributed by atoms with E-state index in [0.717, 1.165) is 42.6 Å². The van der Waals surface area contributed by atoms with Crippen LogP contribution in [0.1, 0.15) is 36.1 Å². The van der Waals surface area contributed by atoms with Gasteiger partial charge < -0.3 is 0 Å². The third-order valence-corrected chi connectivity index (χ3v) is 5.18. The molecule has 0 unspecified atom stereocenters. The summed E-state index contributed by atoms with van der Waals surface area (Å²) in [6, 6.07) is 12.0.